The van der Waals surface area contributed by atoms with Crippen LogP contribution in [0.25, 0.3) is 0 Å². The summed E-state index contributed by atoms with van der Waals surface area (Å²) in [5, 5.41) is 2.45. The van der Waals surface area contributed by atoms with Crippen molar-refractivity contribution in [3.8, 4) is 0 Å². The number of benzene rings is 1. The van der Waals surface area contributed by atoms with E-state index >= 15 is 0 Å². The van der Waals surface area contributed by atoms with Gasteiger partial charge in [-0.2, -0.15) is 13.2 Å². The third-order valence-electron chi connectivity index (χ3n) is 2.33. The number of alkyl halides is 3. The smallest absolute Gasteiger partial charge is 0.373 e. The number of hydrogen-bond donors (Lipinski definition) is 1. The van der Waals surface area contributed by atoms with Crippen LogP contribution in [0.2, 0.25) is 0 Å². The van der Waals surface area contributed by atoms with E-state index in [9.17, 15) is 22.0 Å². The van der Waals surface area contributed by atoms with E-state index in [2.05, 4.69) is 15.3 Å². The van der Waals surface area contributed by atoms with Gasteiger partial charge in [0.15, 0.2) is 11.6 Å². The maximum Gasteiger partial charge on any atom is 0.451 e. The van der Waals surface area contributed by atoms with Gasteiger partial charge in [-0.25, -0.2) is 18.7 Å². The molecule has 1 aromatic heterocycles. The molecule has 0 unspecified atom stereocenters. The van der Waals surface area contributed by atoms with Crippen molar-refractivity contribution in [1.29, 1.82) is 0 Å². The van der Waals surface area contributed by atoms with E-state index in [-0.39, 0.29) is 15.7 Å². The Bertz CT molecular complexity index is 660. The largest absolute Gasteiger partial charge is 0.451 e. The molecule has 0 saturated heterocycles. The fourth-order valence-corrected chi connectivity index (χ4v) is 2.24. The Balaban J connectivity index is 2.36. The van der Waals surface area contributed by atoms with Gasteiger partial charge in [0.1, 0.15) is 10.8 Å². The first-order valence-electron chi connectivity index (χ1n) is 5.56. The molecule has 0 aliphatic rings. The highest BCUT2D eigenvalue weighted by Gasteiger charge is 2.35. The van der Waals surface area contributed by atoms with Crippen LogP contribution in [-0.4, -0.2) is 17.0 Å². The fraction of sp³-hybridized carbons (Fsp3) is 0.167. The standard InChI is InChI=1S/C12H8F5N3S/c1-18-9-5-10(20-11(19-9)12(15,16)17)21-6-2-3-7(13)8(14)4-6/h2-5H,1H3,(H,18,19,20). The lowest BCUT2D eigenvalue weighted by molar-refractivity contribution is -0.145. The third-order valence-corrected chi connectivity index (χ3v) is 3.23. The molecule has 112 valence electrons. The predicted octanol–water partition coefficient (Wildman–Crippen LogP) is 3.97. The number of rotatable bonds is 3. The lowest BCUT2D eigenvalue weighted by Gasteiger charge is -2.09. The fourth-order valence-electron chi connectivity index (χ4n) is 1.39. The quantitative estimate of drug-likeness (QED) is 0.686. The first-order chi connectivity index (χ1) is 9.79. The van der Waals surface area contributed by atoms with Gasteiger partial charge in [-0.15, -0.1) is 0 Å². The van der Waals surface area contributed by atoms with Crippen LogP contribution < -0.4 is 5.32 Å². The lowest BCUT2D eigenvalue weighted by atomic mass is 10.3. The molecule has 0 saturated carbocycles. The number of nitrogens with zero attached hydrogens (tertiary/aromatic N) is 2. The van der Waals surface area contributed by atoms with E-state index < -0.39 is 23.6 Å². The number of hydrogen-bond acceptors (Lipinski definition) is 4. The summed E-state index contributed by atoms with van der Waals surface area (Å²) in [5.74, 6) is -3.45. The molecule has 2 aromatic rings. The summed E-state index contributed by atoms with van der Waals surface area (Å²) in [6.45, 7) is 0. The summed E-state index contributed by atoms with van der Waals surface area (Å²) in [4.78, 5) is 6.90. The summed E-state index contributed by atoms with van der Waals surface area (Å²) in [6, 6.07) is 4.30. The molecule has 1 heterocycles. The molecule has 0 atom stereocenters. The Morgan fingerprint density at radius 2 is 1.76 bits per heavy atom. The van der Waals surface area contributed by atoms with Crippen LogP contribution >= 0.6 is 11.8 Å². The minimum absolute atomic E-state index is 0.0255. The Labute approximate surface area is 120 Å². The molecule has 0 aliphatic carbocycles. The second-order valence-corrected chi connectivity index (χ2v) is 4.93. The normalized spacial score (nSPS) is 11.5. The van der Waals surface area contributed by atoms with Crippen molar-refractivity contribution in [1.82, 2.24) is 9.97 Å². The minimum Gasteiger partial charge on any atom is -0.373 e. The summed E-state index contributed by atoms with van der Waals surface area (Å²) >= 11 is 0.772. The highest BCUT2D eigenvalue weighted by molar-refractivity contribution is 7.99. The highest BCUT2D eigenvalue weighted by Crippen LogP contribution is 2.32. The lowest BCUT2D eigenvalue weighted by Crippen LogP contribution is -2.12. The van der Waals surface area contributed by atoms with Crippen molar-refractivity contribution in [2.45, 2.75) is 16.1 Å². The van der Waals surface area contributed by atoms with Gasteiger partial charge in [0.2, 0.25) is 5.82 Å². The SMILES string of the molecule is CNc1cc(Sc2ccc(F)c(F)c2)nc(C(F)(F)F)n1. The molecule has 21 heavy (non-hydrogen) atoms. The maximum atomic E-state index is 13.1. The van der Waals surface area contributed by atoms with Crippen molar-refractivity contribution >= 4 is 17.6 Å². The van der Waals surface area contributed by atoms with Gasteiger partial charge in [0.05, 0.1) is 0 Å². The molecule has 3 nitrogen and oxygen atoms in total. The van der Waals surface area contributed by atoms with Crippen LogP contribution in [-0.2, 0) is 6.18 Å². The van der Waals surface area contributed by atoms with Crippen LogP contribution in [0.3, 0.4) is 0 Å². The molecule has 0 amide bonds. The van der Waals surface area contributed by atoms with E-state index in [0.29, 0.717) is 0 Å². The van der Waals surface area contributed by atoms with Crippen molar-refractivity contribution in [2.75, 3.05) is 12.4 Å². The summed E-state index contributed by atoms with van der Waals surface area (Å²) in [7, 11) is 1.41. The van der Waals surface area contributed by atoms with Gasteiger partial charge in [0.25, 0.3) is 0 Å². The van der Waals surface area contributed by atoms with E-state index in [4.69, 9.17) is 0 Å². The average molecular weight is 321 g/mol. The molecule has 9 heteroatoms. The number of halogens is 5. The first-order valence-corrected chi connectivity index (χ1v) is 6.38. The Kier molecular flexibility index (Phi) is 4.31. The summed E-state index contributed by atoms with van der Waals surface area (Å²) in [5.41, 5.74) is 0. The molecule has 2 rings (SSSR count). The Hall–Kier alpha value is -1.90. The predicted molar refractivity (Wildman–Crippen MR) is 67.1 cm³/mol. The second-order valence-electron chi connectivity index (χ2n) is 3.84. The van der Waals surface area contributed by atoms with Crippen molar-refractivity contribution in [2.24, 2.45) is 0 Å². The van der Waals surface area contributed by atoms with Crippen LogP contribution in [0, 0.1) is 11.6 Å². The van der Waals surface area contributed by atoms with Gasteiger partial charge in [-0.3, -0.25) is 0 Å². The Morgan fingerprint density at radius 3 is 2.33 bits per heavy atom. The van der Waals surface area contributed by atoms with Gasteiger partial charge < -0.3 is 5.32 Å². The Morgan fingerprint density at radius 1 is 1.05 bits per heavy atom. The van der Waals surface area contributed by atoms with E-state index in [1.165, 1.54) is 19.2 Å². The highest BCUT2D eigenvalue weighted by atomic mass is 32.2. The summed E-state index contributed by atoms with van der Waals surface area (Å²) < 4.78 is 63.9. The third kappa shape index (κ3) is 3.81. The zero-order valence-corrected chi connectivity index (χ0v) is 11.3. The molecular weight excluding hydrogens is 313 g/mol. The van der Waals surface area contributed by atoms with Crippen LogP contribution in [0.5, 0.6) is 0 Å². The number of aromatic nitrogens is 2. The molecule has 0 aliphatic heterocycles. The van der Waals surface area contributed by atoms with Gasteiger partial charge in [-0.05, 0) is 18.2 Å². The number of anilines is 1. The molecule has 0 fully saturated rings. The zero-order valence-electron chi connectivity index (χ0n) is 10.5. The molecular formula is C12H8F5N3S. The van der Waals surface area contributed by atoms with Gasteiger partial charge in [0, 0.05) is 18.0 Å². The monoisotopic (exact) mass is 321 g/mol. The van der Waals surface area contributed by atoms with E-state index in [1.807, 2.05) is 0 Å². The van der Waals surface area contributed by atoms with E-state index in [0.717, 1.165) is 23.9 Å². The van der Waals surface area contributed by atoms with Crippen molar-refractivity contribution in [3.05, 3.63) is 41.7 Å². The van der Waals surface area contributed by atoms with Crippen LogP contribution in [0.15, 0.2) is 34.2 Å². The van der Waals surface area contributed by atoms with Gasteiger partial charge >= 0.3 is 6.18 Å². The average Bonchev–Trinajstić information content (AvgIpc) is 2.41. The van der Waals surface area contributed by atoms with Crippen molar-refractivity contribution in [3.63, 3.8) is 0 Å². The molecule has 0 radical (unpaired) electrons. The summed E-state index contributed by atoms with van der Waals surface area (Å²) in [6.07, 6.45) is -4.70. The molecule has 1 N–H and O–H groups in total. The number of nitrogens with one attached hydrogen (secondary N) is 1. The molecule has 0 bridgehead atoms. The van der Waals surface area contributed by atoms with Crippen LogP contribution in [0.1, 0.15) is 5.82 Å². The van der Waals surface area contributed by atoms with Gasteiger partial charge in [-0.1, -0.05) is 11.8 Å². The second kappa shape index (κ2) is 5.84. The first kappa shape index (κ1) is 15.5. The maximum absolute atomic E-state index is 13.1. The molecule has 1 aromatic carbocycles. The molecule has 0 spiro atoms. The topological polar surface area (TPSA) is 37.8 Å². The zero-order chi connectivity index (χ0) is 15.6. The van der Waals surface area contributed by atoms with E-state index in [1.54, 1.807) is 0 Å². The van der Waals surface area contributed by atoms with Crippen molar-refractivity contribution < 1.29 is 22.0 Å². The minimum atomic E-state index is -4.70. The van der Waals surface area contributed by atoms with Crippen LogP contribution in [0.4, 0.5) is 27.8 Å².